The van der Waals surface area contributed by atoms with E-state index in [1.54, 1.807) is 0 Å². The SMILES string of the molecule is CC(C)C(=O)N1CCc2cc(NC(=O)NC3CCOCC3)ccc21. The summed E-state index contributed by atoms with van der Waals surface area (Å²) >= 11 is 0. The number of carbonyl (C=O) groups is 2. The average Bonchev–Trinajstić information content (AvgIpc) is 2.97. The fourth-order valence-corrected chi connectivity index (χ4v) is 3.21. The molecule has 3 rings (SSSR count). The molecule has 1 fully saturated rings. The average molecular weight is 331 g/mol. The molecular weight excluding hydrogens is 306 g/mol. The maximum Gasteiger partial charge on any atom is 0.319 e. The van der Waals surface area contributed by atoms with Gasteiger partial charge in [0, 0.05) is 43.1 Å². The van der Waals surface area contributed by atoms with Crippen molar-refractivity contribution in [3.05, 3.63) is 23.8 Å². The maximum absolute atomic E-state index is 12.2. The Bertz CT molecular complexity index is 624. The van der Waals surface area contributed by atoms with Crippen molar-refractivity contribution in [2.75, 3.05) is 30.0 Å². The van der Waals surface area contributed by atoms with Crippen LogP contribution in [0.2, 0.25) is 0 Å². The second-order valence-corrected chi connectivity index (χ2v) is 6.72. The molecule has 0 unspecified atom stereocenters. The second-order valence-electron chi connectivity index (χ2n) is 6.72. The largest absolute Gasteiger partial charge is 0.381 e. The van der Waals surface area contributed by atoms with Crippen molar-refractivity contribution in [1.82, 2.24) is 5.32 Å². The highest BCUT2D eigenvalue weighted by molar-refractivity contribution is 5.97. The topological polar surface area (TPSA) is 70.7 Å². The number of fused-ring (bicyclic) bond motifs is 1. The van der Waals surface area contributed by atoms with E-state index in [1.165, 1.54) is 0 Å². The molecule has 0 aromatic heterocycles. The van der Waals surface area contributed by atoms with Gasteiger partial charge in [-0.25, -0.2) is 4.79 Å². The van der Waals surface area contributed by atoms with Crippen LogP contribution in [0.3, 0.4) is 0 Å². The molecule has 2 aliphatic rings. The maximum atomic E-state index is 12.2. The van der Waals surface area contributed by atoms with E-state index in [0.717, 1.165) is 36.2 Å². The third-order valence-corrected chi connectivity index (χ3v) is 4.55. The number of benzene rings is 1. The lowest BCUT2D eigenvalue weighted by Crippen LogP contribution is -2.41. The Morgan fingerprint density at radius 1 is 1.25 bits per heavy atom. The summed E-state index contributed by atoms with van der Waals surface area (Å²) in [5.41, 5.74) is 2.83. The van der Waals surface area contributed by atoms with Crippen LogP contribution in [0, 0.1) is 5.92 Å². The summed E-state index contributed by atoms with van der Waals surface area (Å²) in [5, 5.41) is 5.87. The lowest BCUT2D eigenvalue weighted by Gasteiger charge is -2.23. The molecule has 6 nitrogen and oxygen atoms in total. The number of amides is 3. The molecule has 1 aromatic rings. The van der Waals surface area contributed by atoms with E-state index in [2.05, 4.69) is 10.6 Å². The van der Waals surface area contributed by atoms with Gasteiger partial charge in [0.15, 0.2) is 0 Å². The summed E-state index contributed by atoms with van der Waals surface area (Å²) in [4.78, 5) is 26.2. The summed E-state index contributed by atoms with van der Waals surface area (Å²) in [6.45, 7) is 5.94. The molecular formula is C18H25N3O3. The van der Waals surface area contributed by atoms with Gasteiger partial charge >= 0.3 is 6.03 Å². The number of hydrogen-bond acceptors (Lipinski definition) is 3. The highest BCUT2D eigenvalue weighted by Crippen LogP contribution is 2.31. The molecule has 0 spiro atoms. The van der Waals surface area contributed by atoms with Crippen molar-refractivity contribution in [2.45, 2.75) is 39.2 Å². The predicted octanol–water partition coefficient (Wildman–Crippen LogP) is 2.53. The highest BCUT2D eigenvalue weighted by atomic mass is 16.5. The van der Waals surface area contributed by atoms with Crippen LogP contribution < -0.4 is 15.5 Å². The first-order chi connectivity index (χ1) is 11.5. The Kier molecular flexibility index (Phi) is 5.04. The normalized spacial score (nSPS) is 17.7. The molecule has 0 atom stereocenters. The Hall–Kier alpha value is -2.08. The number of rotatable bonds is 3. The van der Waals surface area contributed by atoms with Gasteiger partial charge in [0.05, 0.1) is 0 Å². The van der Waals surface area contributed by atoms with Gasteiger partial charge in [-0.1, -0.05) is 13.8 Å². The molecule has 0 bridgehead atoms. The molecule has 1 aromatic carbocycles. The Labute approximate surface area is 142 Å². The molecule has 130 valence electrons. The van der Waals surface area contributed by atoms with Crippen molar-refractivity contribution in [3.8, 4) is 0 Å². The molecule has 0 radical (unpaired) electrons. The van der Waals surface area contributed by atoms with Crippen molar-refractivity contribution < 1.29 is 14.3 Å². The summed E-state index contributed by atoms with van der Waals surface area (Å²) in [6, 6.07) is 5.73. The zero-order valence-electron chi connectivity index (χ0n) is 14.3. The number of anilines is 2. The molecule has 2 aliphatic heterocycles. The van der Waals surface area contributed by atoms with Gasteiger partial charge in [-0.2, -0.15) is 0 Å². The predicted molar refractivity (Wildman–Crippen MR) is 93.3 cm³/mol. The Morgan fingerprint density at radius 3 is 2.71 bits per heavy atom. The summed E-state index contributed by atoms with van der Waals surface area (Å²) in [6.07, 6.45) is 2.53. The van der Waals surface area contributed by atoms with Gasteiger partial charge < -0.3 is 20.3 Å². The lowest BCUT2D eigenvalue weighted by atomic mass is 10.1. The van der Waals surface area contributed by atoms with Gasteiger partial charge in [0.1, 0.15) is 0 Å². The molecule has 24 heavy (non-hydrogen) atoms. The number of urea groups is 1. The van der Waals surface area contributed by atoms with Crippen molar-refractivity contribution in [2.24, 2.45) is 5.92 Å². The number of nitrogens with one attached hydrogen (secondary N) is 2. The third kappa shape index (κ3) is 3.70. The molecule has 0 aliphatic carbocycles. The van der Waals surface area contributed by atoms with E-state index < -0.39 is 0 Å². The van der Waals surface area contributed by atoms with Crippen molar-refractivity contribution >= 4 is 23.3 Å². The van der Waals surface area contributed by atoms with E-state index in [9.17, 15) is 9.59 Å². The van der Waals surface area contributed by atoms with E-state index in [-0.39, 0.29) is 23.9 Å². The third-order valence-electron chi connectivity index (χ3n) is 4.55. The Balaban J connectivity index is 1.62. The van der Waals surface area contributed by atoms with E-state index in [4.69, 9.17) is 4.74 Å². The van der Waals surface area contributed by atoms with Gasteiger partial charge in [0.25, 0.3) is 0 Å². The van der Waals surface area contributed by atoms with Crippen LogP contribution in [-0.2, 0) is 16.0 Å². The van der Waals surface area contributed by atoms with Crippen LogP contribution in [-0.4, -0.2) is 37.7 Å². The minimum Gasteiger partial charge on any atom is -0.381 e. The van der Waals surface area contributed by atoms with Crippen LogP contribution in [0.15, 0.2) is 18.2 Å². The second kappa shape index (κ2) is 7.21. The lowest BCUT2D eigenvalue weighted by molar-refractivity contribution is -0.121. The Morgan fingerprint density at radius 2 is 2.00 bits per heavy atom. The molecule has 3 amide bonds. The minimum absolute atomic E-state index is 0.0148. The van der Waals surface area contributed by atoms with Crippen LogP contribution >= 0.6 is 0 Å². The standard InChI is InChI=1S/C18H25N3O3/c1-12(2)17(22)21-8-5-13-11-15(3-4-16(13)21)20-18(23)19-14-6-9-24-10-7-14/h3-4,11-12,14H,5-10H2,1-2H3,(H2,19,20,23). The fraction of sp³-hybridized carbons (Fsp3) is 0.556. The van der Waals surface area contributed by atoms with Crippen LogP contribution in [0.1, 0.15) is 32.3 Å². The molecule has 2 N–H and O–H groups in total. The minimum atomic E-state index is -0.185. The number of ether oxygens (including phenoxy) is 1. The number of hydrogen-bond donors (Lipinski definition) is 2. The van der Waals surface area contributed by atoms with E-state index in [1.807, 2.05) is 36.9 Å². The summed E-state index contributed by atoms with van der Waals surface area (Å²) < 4.78 is 5.29. The number of carbonyl (C=O) groups excluding carboxylic acids is 2. The first-order valence-corrected chi connectivity index (χ1v) is 8.64. The zero-order valence-corrected chi connectivity index (χ0v) is 14.3. The van der Waals surface area contributed by atoms with Gasteiger partial charge in [-0.05, 0) is 43.0 Å². The molecule has 0 saturated carbocycles. The summed E-state index contributed by atoms with van der Waals surface area (Å²) in [7, 11) is 0. The van der Waals surface area contributed by atoms with Gasteiger partial charge in [-0.3, -0.25) is 4.79 Å². The van der Waals surface area contributed by atoms with Crippen molar-refractivity contribution in [3.63, 3.8) is 0 Å². The summed E-state index contributed by atoms with van der Waals surface area (Å²) in [5.74, 6) is 0.130. The van der Waals surface area contributed by atoms with E-state index in [0.29, 0.717) is 19.8 Å². The highest BCUT2D eigenvalue weighted by Gasteiger charge is 2.26. The zero-order chi connectivity index (χ0) is 17.1. The van der Waals surface area contributed by atoms with Gasteiger partial charge in [-0.15, -0.1) is 0 Å². The molecule has 1 saturated heterocycles. The fourth-order valence-electron chi connectivity index (χ4n) is 3.21. The molecule has 6 heteroatoms. The quantitative estimate of drug-likeness (QED) is 0.894. The van der Waals surface area contributed by atoms with Crippen molar-refractivity contribution in [1.29, 1.82) is 0 Å². The smallest absolute Gasteiger partial charge is 0.319 e. The monoisotopic (exact) mass is 331 g/mol. The first kappa shape index (κ1) is 16.8. The van der Waals surface area contributed by atoms with Gasteiger partial charge in [0.2, 0.25) is 5.91 Å². The van der Waals surface area contributed by atoms with Crippen LogP contribution in [0.5, 0.6) is 0 Å². The van der Waals surface area contributed by atoms with E-state index >= 15 is 0 Å². The number of nitrogens with zero attached hydrogens (tertiary/aromatic N) is 1. The molecule has 2 heterocycles. The van der Waals surface area contributed by atoms with Crippen LogP contribution in [0.25, 0.3) is 0 Å². The van der Waals surface area contributed by atoms with Crippen LogP contribution in [0.4, 0.5) is 16.2 Å². The first-order valence-electron chi connectivity index (χ1n) is 8.64.